The second-order valence-electron chi connectivity index (χ2n) is 4.31. The van der Waals surface area contributed by atoms with Gasteiger partial charge in [-0.05, 0) is 17.9 Å². The van der Waals surface area contributed by atoms with Crippen molar-refractivity contribution in [3.05, 3.63) is 52.0 Å². The molecule has 0 amide bonds. The van der Waals surface area contributed by atoms with E-state index in [0.717, 1.165) is 17.0 Å². The summed E-state index contributed by atoms with van der Waals surface area (Å²) in [7, 11) is 0. The molecule has 90 valence electrons. The lowest BCUT2D eigenvalue weighted by Crippen LogP contribution is -2.11. The van der Waals surface area contributed by atoms with E-state index in [-0.39, 0.29) is 6.04 Å². The Labute approximate surface area is 107 Å². The molecule has 2 unspecified atom stereocenters. The van der Waals surface area contributed by atoms with Gasteiger partial charge in [-0.1, -0.05) is 44.2 Å². The standard InChI is InChI=1S/C14H18N2S/c1-3-10(2)12-9-17-14(16-12)13(15)11-7-5-4-6-8-11/h4-10,13H,3,15H2,1-2H3. The fraction of sp³-hybridized carbons (Fsp3) is 0.357. The summed E-state index contributed by atoms with van der Waals surface area (Å²) in [4.78, 5) is 4.65. The van der Waals surface area contributed by atoms with E-state index in [0.29, 0.717) is 5.92 Å². The van der Waals surface area contributed by atoms with Crippen LogP contribution >= 0.6 is 11.3 Å². The minimum absolute atomic E-state index is 0.0981. The third-order valence-corrected chi connectivity index (χ3v) is 4.03. The maximum atomic E-state index is 6.22. The second-order valence-corrected chi connectivity index (χ2v) is 5.20. The Hall–Kier alpha value is -1.19. The molecule has 0 spiro atoms. The average molecular weight is 246 g/mol. The molecule has 3 heteroatoms. The monoisotopic (exact) mass is 246 g/mol. The number of nitrogens with zero attached hydrogens (tertiary/aromatic N) is 1. The van der Waals surface area contributed by atoms with Crippen molar-refractivity contribution >= 4 is 11.3 Å². The zero-order valence-corrected chi connectivity index (χ0v) is 11.1. The highest BCUT2D eigenvalue weighted by molar-refractivity contribution is 7.09. The van der Waals surface area contributed by atoms with Crippen molar-refractivity contribution in [2.75, 3.05) is 0 Å². The van der Waals surface area contributed by atoms with E-state index in [4.69, 9.17) is 5.73 Å². The summed E-state index contributed by atoms with van der Waals surface area (Å²) < 4.78 is 0. The number of benzene rings is 1. The van der Waals surface area contributed by atoms with Crippen molar-refractivity contribution in [2.45, 2.75) is 32.2 Å². The molecular formula is C14H18N2S. The molecule has 0 radical (unpaired) electrons. The Morgan fingerprint density at radius 2 is 2.00 bits per heavy atom. The highest BCUT2D eigenvalue weighted by atomic mass is 32.1. The first-order valence-electron chi connectivity index (χ1n) is 5.98. The van der Waals surface area contributed by atoms with E-state index in [9.17, 15) is 0 Å². The van der Waals surface area contributed by atoms with Gasteiger partial charge in [0.1, 0.15) is 5.01 Å². The van der Waals surface area contributed by atoms with Gasteiger partial charge in [0, 0.05) is 5.38 Å². The van der Waals surface area contributed by atoms with Crippen molar-refractivity contribution in [3.63, 3.8) is 0 Å². The van der Waals surface area contributed by atoms with Crippen LogP contribution in [0.4, 0.5) is 0 Å². The van der Waals surface area contributed by atoms with Gasteiger partial charge in [0.15, 0.2) is 0 Å². The molecule has 0 aliphatic heterocycles. The van der Waals surface area contributed by atoms with E-state index in [2.05, 4.69) is 36.3 Å². The van der Waals surface area contributed by atoms with E-state index >= 15 is 0 Å². The predicted octanol–water partition coefficient (Wildman–Crippen LogP) is 3.70. The third kappa shape index (κ3) is 2.73. The maximum Gasteiger partial charge on any atom is 0.114 e. The topological polar surface area (TPSA) is 38.9 Å². The number of hydrogen-bond acceptors (Lipinski definition) is 3. The summed E-state index contributed by atoms with van der Waals surface area (Å²) in [5.41, 5.74) is 8.51. The minimum Gasteiger partial charge on any atom is -0.318 e. The Morgan fingerprint density at radius 3 is 2.65 bits per heavy atom. The van der Waals surface area contributed by atoms with Crippen LogP contribution in [-0.4, -0.2) is 4.98 Å². The van der Waals surface area contributed by atoms with Crippen molar-refractivity contribution in [2.24, 2.45) is 5.73 Å². The maximum absolute atomic E-state index is 6.22. The van der Waals surface area contributed by atoms with Crippen LogP contribution in [0, 0.1) is 0 Å². The first kappa shape index (κ1) is 12.3. The molecule has 2 rings (SSSR count). The molecule has 0 bridgehead atoms. The van der Waals surface area contributed by atoms with Gasteiger partial charge in [0.2, 0.25) is 0 Å². The molecule has 0 saturated carbocycles. The molecule has 0 fully saturated rings. The fourth-order valence-electron chi connectivity index (χ4n) is 1.68. The SMILES string of the molecule is CCC(C)c1csc(C(N)c2ccccc2)n1. The van der Waals surface area contributed by atoms with E-state index < -0.39 is 0 Å². The number of aromatic nitrogens is 1. The van der Waals surface area contributed by atoms with E-state index in [1.54, 1.807) is 11.3 Å². The Kier molecular flexibility index (Phi) is 3.92. The summed E-state index contributed by atoms with van der Waals surface area (Å²) in [6, 6.07) is 10.0. The highest BCUT2D eigenvalue weighted by Crippen LogP contribution is 2.26. The van der Waals surface area contributed by atoms with E-state index in [1.807, 2.05) is 18.2 Å². The van der Waals surface area contributed by atoms with Gasteiger partial charge in [-0.3, -0.25) is 0 Å². The van der Waals surface area contributed by atoms with E-state index in [1.165, 1.54) is 5.69 Å². The van der Waals surface area contributed by atoms with Crippen molar-refractivity contribution < 1.29 is 0 Å². The molecule has 1 heterocycles. The van der Waals surface area contributed by atoms with Crippen LogP contribution in [0.3, 0.4) is 0 Å². The van der Waals surface area contributed by atoms with Gasteiger partial charge in [-0.25, -0.2) is 4.98 Å². The summed E-state index contributed by atoms with van der Waals surface area (Å²) in [5.74, 6) is 0.517. The number of hydrogen-bond donors (Lipinski definition) is 1. The van der Waals surface area contributed by atoms with Crippen LogP contribution in [0.1, 0.15) is 48.5 Å². The van der Waals surface area contributed by atoms with Gasteiger partial charge < -0.3 is 5.73 Å². The van der Waals surface area contributed by atoms with Gasteiger partial charge in [-0.2, -0.15) is 0 Å². The van der Waals surface area contributed by atoms with Gasteiger partial charge >= 0.3 is 0 Å². The van der Waals surface area contributed by atoms with Crippen molar-refractivity contribution in [1.82, 2.24) is 4.98 Å². The Balaban J connectivity index is 2.20. The van der Waals surface area contributed by atoms with Gasteiger partial charge in [0.05, 0.1) is 11.7 Å². The van der Waals surface area contributed by atoms with Crippen LogP contribution in [0.15, 0.2) is 35.7 Å². The highest BCUT2D eigenvalue weighted by Gasteiger charge is 2.14. The van der Waals surface area contributed by atoms with Crippen LogP contribution in [0.5, 0.6) is 0 Å². The molecule has 0 saturated heterocycles. The summed E-state index contributed by atoms with van der Waals surface area (Å²) in [5, 5.41) is 3.14. The quantitative estimate of drug-likeness (QED) is 0.893. The lowest BCUT2D eigenvalue weighted by atomic mass is 10.1. The van der Waals surface area contributed by atoms with Crippen molar-refractivity contribution in [3.8, 4) is 0 Å². The first-order valence-corrected chi connectivity index (χ1v) is 6.86. The van der Waals surface area contributed by atoms with Crippen molar-refractivity contribution in [1.29, 1.82) is 0 Å². The molecule has 2 nitrogen and oxygen atoms in total. The molecule has 2 atom stereocenters. The second kappa shape index (κ2) is 5.43. The molecular weight excluding hydrogens is 228 g/mol. The molecule has 2 aromatic rings. The normalized spacial score (nSPS) is 14.5. The molecule has 17 heavy (non-hydrogen) atoms. The number of thiazole rings is 1. The zero-order chi connectivity index (χ0) is 12.3. The molecule has 1 aromatic heterocycles. The predicted molar refractivity (Wildman–Crippen MR) is 73.3 cm³/mol. The smallest absolute Gasteiger partial charge is 0.114 e. The third-order valence-electron chi connectivity index (χ3n) is 3.08. The molecule has 1 aromatic carbocycles. The zero-order valence-electron chi connectivity index (χ0n) is 10.3. The minimum atomic E-state index is -0.0981. The molecule has 0 aliphatic rings. The average Bonchev–Trinajstić information content (AvgIpc) is 2.87. The van der Waals surface area contributed by atoms with Gasteiger partial charge in [0.25, 0.3) is 0 Å². The fourth-order valence-corrected chi connectivity index (χ4v) is 2.65. The summed E-state index contributed by atoms with van der Waals surface area (Å²) in [6.07, 6.45) is 1.11. The summed E-state index contributed by atoms with van der Waals surface area (Å²) >= 11 is 1.66. The van der Waals surface area contributed by atoms with Crippen LogP contribution in [0.2, 0.25) is 0 Å². The number of rotatable bonds is 4. The molecule has 2 N–H and O–H groups in total. The Bertz CT molecular complexity index is 464. The Morgan fingerprint density at radius 1 is 1.29 bits per heavy atom. The molecule has 0 aliphatic carbocycles. The first-order chi connectivity index (χ1) is 8.22. The van der Waals surface area contributed by atoms with Crippen LogP contribution in [-0.2, 0) is 0 Å². The summed E-state index contributed by atoms with van der Waals surface area (Å²) in [6.45, 7) is 4.38. The van der Waals surface area contributed by atoms with Crippen LogP contribution in [0.25, 0.3) is 0 Å². The lowest BCUT2D eigenvalue weighted by molar-refractivity contribution is 0.704. The number of nitrogens with two attached hydrogens (primary N) is 1. The van der Waals surface area contributed by atoms with Crippen LogP contribution < -0.4 is 5.73 Å². The van der Waals surface area contributed by atoms with Gasteiger partial charge in [-0.15, -0.1) is 11.3 Å². The largest absolute Gasteiger partial charge is 0.318 e. The lowest BCUT2D eigenvalue weighted by Gasteiger charge is -2.08.